The minimum Gasteiger partial charge on any atom is -0.464 e. The molecule has 5 nitrogen and oxygen atoms in total. The highest BCUT2D eigenvalue weighted by Gasteiger charge is 2.27. The van der Waals surface area contributed by atoms with Gasteiger partial charge in [-0.25, -0.2) is 9.18 Å². The highest BCUT2D eigenvalue weighted by molar-refractivity contribution is 5.90. The Morgan fingerprint density at radius 1 is 1.43 bits per heavy atom. The molecule has 122 valence electrons. The van der Waals surface area contributed by atoms with Gasteiger partial charge in [0.05, 0.1) is 18.1 Å². The van der Waals surface area contributed by atoms with Crippen molar-refractivity contribution in [3.05, 3.63) is 42.4 Å². The van der Waals surface area contributed by atoms with E-state index in [-0.39, 0.29) is 18.2 Å². The zero-order valence-electron chi connectivity index (χ0n) is 12.8. The molecule has 2 aromatic rings. The number of likely N-dealkylation sites (tertiary alicyclic amines) is 1. The van der Waals surface area contributed by atoms with Crippen molar-refractivity contribution in [1.29, 1.82) is 0 Å². The zero-order valence-corrected chi connectivity index (χ0v) is 12.8. The highest BCUT2D eigenvalue weighted by atomic mass is 19.1. The number of amides is 2. The number of carbonyl (C=O) groups excluding carboxylic acids is 1. The lowest BCUT2D eigenvalue weighted by atomic mass is 9.96. The van der Waals surface area contributed by atoms with Crippen LogP contribution in [0.25, 0.3) is 11.3 Å². The van der Waals surface area contributed by atoms with Crippen LogP contribution in [0.1, 0.15) is 13.3 Å². The molecule has 0 aliphatic carbocycles. The molecule has 2 heterocycles. The van der Waals surface area contributed by atoms with E-state index in [4.69, 9.17) is 4.42 Å². The van der Waals surface area contributed by atoms with Gasteiger partial charge in [-0.05, 0) is 42.7 Å². The lowest BCUT2D eigenvalue weighted by molar-refractivity contribution is 0.0463. The highest BCUT2D eigenvalue weighted by Crippen LogP contribution is 2.26. The van der Waals surface area contributed by atoms with Gasteiger partial charge in [-0.2, -0.15) is 0 Å². The molecule has 3 rings (SSSR count). The normalized spacial score (nSPS) is 21.3. The second kappa shape index (κ2) is 6.42. The standard InChI is InChI=1S/C17H19FN2O3/c1-11-6-7-20(10-15(11)21)17(22)19-14-9-12(4-5-13(14)18)16-3-2-8-23-16/h2-5,8-9,11,15,21H,6-7,10H2,1H3,(H,19,22). The monoisotopic (exact) mass is 318 g/mol. The number of hydrogen-bond acceptors (Lipinski definition) is 3. The van der Waals surface area contributed by atoms with Gasteiger partial charge < -0.3 is 19.7 Å². The van der Waals surface area contributed by atoms with Gasteiger partial charge >= 0.3 is 6.03 Å². The summed E-state index contributed by atoms with van der Waals surface area (Å²) in [6.45, 7) is 2.75. The third-order valence-electron chi connectivity index (χ3n) is 4.22. The third kappa shape index (κ3) is 3.37. The molecule has 1 saturated heterocycles. The number of β-amino-alcohol motifs (C(OH)–C–C–N with tert-alkyl or cyclic N) is 1. The molecule has 2 unspecified atom stereocenters. The van der Waals surface area contributed by atoms with E-state index in [9.17, 15) is 14.3 Å². The lowest BCUT2D eigenvalue weighted by Crippen LogP contribution is -2.47. The summed E-state index contributed by atoms with van der Waals surface area (Å²) in [6.07, 6.45) is 1.71. The van der Waals surface area contributed by atoms with Crippen molar-refractivity contribution in [3.63, 3.8) is 0 Å². The van der Waals surface area contributed by atoms with E-state index < -0.39 is 18.0 Å². The van der Waals surface area contributed by atoms with Crippen molar-refractivity contribution in [3.8, 4) is 11.3 Å². The lowest BCUT2D eigenvalue weighted by Gasteiger charge is -2.34. The summed E-state index contributed by atoms with van der Waals surface area (Å²) in [7, 11) is 0. The summed E-state index contributed by atoms with van der Waals surface area (Å²) >= 11 is 0. The van der Waals surface area contributed by atoms with Crippen LogP contribution in [-0.2, 0) is 0 Å². The number of benzene rings is 1. The van der Waals surface area contributed by atoms with Crippen molar-refractivity contribution in [1.82, 2.24) is 4.90 Å². The quantitative estimate of drug-likeness (QED) is 0.892. The molecule has 0 bridgehead atoms. The molecular formula is C17H19FN2O3. The maximum absolute atomic E-state index is 14.0. The summed E-state index contributed by atoms with van der Waals surface area (Å²) in [6, 6.07) is 7.52. The molecule has 1 aliphatic heterocycles. The molecule has 1 aromatic heterocycles. The fourth-order valence-corrected chi connectivity index (χ4v) is 2.64. The number of rotatable bonds is 2. The van der Waals surface area contributed by atoms with Gasteiger partial charge in [-0.3, -0.25) is 0 Å². The summed E-state index contributed by atoms with van der Waals surface area (Å²) < 4.78 is 19.2. The number of urea groups is 1. The maximum Gasteiger partial charge on any atom is 0.322 e. The largest absolute Gasteiger partial charge is 0.464 e. The van der Waals surface area contributed by atoms with Crippen molar-refractivity contribution in [2.75, 3.05) is 18.4 Å². The predicted octanol–water partition coefficient (Wildman–Crippen LogP) is 3.32. The van der Waals surface area contributed by atoms with E-state index >= 15 is 0 Å². The van der Waals surface area contributed by atoms with Crippen LogP contribution in [0.3, 0.4) is 0 Å². The molecule has 0 radical (unpaired) electrons. The molecule has 1 fully saturated rings. The van der Waals surface area contributed by atoms with Crippen molar-refractivity contribution in [2.45, 2.75) is 19.4 Å². The molecular weight excluding hydrogens is 299 g/mol. The summed E-state index contributed by atoms with van der Waals surface area (Å²) in [5.74, 6) is 0.250. The van der Waals surface area contributed by atoms with E-state index in [0.717, 1.165) is 6.42 Å². The first kappa shape index (κ1) is 15.6. The van der Waals surface area contributed by atoms with Crippen LogP contribution in [0.4, 0.5) is 14.9 Å². The van der Waals surface area contributed by atoms with Gasteiger partial charge in [-0.15, -0.1) is 0 Å². The van der Waals surface area contributed by atoms with Gasteiger partial charge in [0, 0.05) is 18.7 Å². The molecule has 23 heavy (non-hydrogen) atoms. The van der Waals surface area contributed by atoms with E-state index in [1.807, 2.05) is 6.92 Å². The number of nitrogens with one attached hydrogen (secondary N) is 1. The number of carbonyl (C=O) groups is 1. The first-order valence-electron chi connectivity index (χ1n) is 7.62. The Kier molecular flexibility index (Phi) is 4.34. The first-order chi connectivity index (χ1) is 11.0. The van der Waals surface area contributed by atoms with Crippen LogP contribution >= 0.6 is 0 Å². The van der Waals surface area contributed by atoms with E-state index in [1.54, 1.807) is 18.2 Å². The van der Waals surface area contributed by atoms with Crippen LogP contribution in [0.15, 0.2) is 41.0 Å². The van der Waals surface area contributed by atoms with Crippen molar-refractivity contribution in [2.24, 2.45) is 5.92 Å². The number of furan rings is 1. The Morgan fingerprint density at radius 3 is 2.96 bits per heavy atom. The van der Waals surface area contributed by atoms with Gasteiger partial charge in [-0.1, -0.05) is 6.92 Å². The van der Waals surface area contributed by atoms with Crippen LogP contribution in [-0.4, -0.2) is 35.2 Å². The smallest absolute Gasteiger partial charge is 0.322 e. The van der Waals surface area contributed by atoms with Crippen LogP contribution < -0.4 is 5.32 Å². The minimum absolute atomic E-state index is 0.0945. The van der Waals surface area contributed by atoms with Gasteiger partial charge in [0.2, 0.25) is 0 Å². The van der Waals surface area contributed by atoms with Crippen LogP contribution in [0.2, 0.25) is 0 Å². The Hall–Kier alpha value is -2.34. The Bertz CT molecular complexity index is 687. The predicted molar refractivity (Wildman–Crippen MR) is 84.5 cm³/mol. The number of aliphatic hydroxyl groups excluding tert-OH is 1. The topological polar surface area (TPSA) is 65.7 Å². The van der Waals surface area contributed by atoms with Gasteiger partial charge in [0.1, 0.15) is 11.6 Å². The molecule has 1 aliphatic rings. The Balaban J connectivity index is 1.74. The number of aliphatic hydroxyl groups is 1. The average Bonchev–Trinajstić information content (AvgIpc) is 3.06. The van der Waals surface area contributed by atoms with Crippen LogP contribution in [0.5, 0.6) is 0 Å². The molecule has 6 heteroatoms. The van der Waals surface area contributed by atoms with Crippen molar-refractivity contribution < 1.29 is 18.7 Å². The van der Waals surface area contributed by atoms with Crippen molar-refractivity contribution >= 4 is 11.7 Å². The zero-order chi connectivity index (χ0) is 16.4. The summed E-state index contributed by atoms with van der Waals surface area (Å²) in [4.78, 5) is 13.8. The molecule has 2 amide bonds. The molecule has 0 spiro atoms. The number of nitrogens with zero attached hydrogens (tertiary/aromatic N) is 1. The molecule has 1 aromatic carbocycles. The maximum atomic E-state index is 14.0. The Morgan fingerprint density at radius 2 is 2.26 bits per heavy atom. The first-order valence-corrected chi connectivity index (χ1v) is 7.62. The third-order valence-corrected chi connectivity index (χ3v) is 4.22. The number of anilines is 1. The number of piperidine rings is 1. The summed E-state index contributed by atoms with van der Waals surface area (Å²) in [5, 5.41) is 12.5. The minimum atomic E-state index is -0.547. The number of hydrogen-bond donors (Lipinski definition) is 2. The SMILES string of the molecule is CC1CCN(C(=O)Nc2cc(-c3ccco3)ccc2F)CC1O. The second-order valence-corrected chi connectivity index (χ2v) is 5.88. The van der Waals surface area contributed by atoms with Crippen LogP contribution in [0, 0.1) is 11.7 Å². The summed E-state index contributed by atoms with van der Waals surface area (Å²) in [5.41, 5.74) is 0.774. The van der Waals surface area contributed by atoms with Gasteiger partial charge in [0.15, 0.2) is 0 Å². The average molecular weight is 318 g/mol. The number of halogens is 1. The van der Waals surface area contributed by atoms with E-state index in [0.29, 0.717) is 17.9 Å². The molecule has 2 atom stereocenters. The fraction of sp³-hybridized carbons (Fsp3) is 0.353. The fourth-order valence-electron chi connectivity index (χ4n) is 2.64. The van der Waals surface area contributed by atoms with Gasteiger partial charge in [0.25, 0.3) is 0 Å². The van der Waals surface area contributed by atoms with E-state index in [2.05, 4.69) is 5.32 Å². The Labute approximate surface area is 133 Å². The molecule has 2 N–H and O–H groups in total. The second-order valence-electron chi connectivity index (χ2n) is 5.88. The van der Waals surface area contributed by atoms with E-state index in [1.165, 1.54) is 23.3 Å². The molecule has 0 saturated carbocycles.